The Kier molecular flexibility index (Phi) is 5.82. The Morgan fingerprint density at radius 1 is 1.05 bits per heavy atom. The Bertz CT molecular complexity index is 418. The fourth-order valence-electron chi connectivity index (χ4n) is 3.39. The highest BCUT2D eigenvalue weighted by Crippen LogP contribution is 2.35. The van der Waals surface area contributed by atoms with E-state index in [0.717, 1.165) is 19.3 Å². The molecule has 0 heterocycles. The average Bonchev–Trinajstić information content (AvgIpc) is 2.47. The van der Waals surface area contributed by atoms with Gasteiger partial charge in [-0.25, -0.2) is 0 Å². The van der Waals surface area contributed by atoms with E-state index >= 15 is 0 Å². The van der Waals surface area contributed by atoms with E-state index in [4.69, 9.17) is 0 Å². The van der Waals surface area contributed by atoms with Crippen molar-refractivity contribution in [2.24, 2.45) is 5.92 Å². The molecular formula is C19H28O. The van der Waals surface area contributed by atoms with Crippen LogP contribution in [0.1, 0.15) is 75.8 Å². The van der Waals surface area contributed by atoms with Gasteiger partial charge in [0.2, 0.25) is 0 Å². The van der Waals surface area contributed by atoms with Gasteiger partial charge in [-0.05, 0) is 36.3 Å². The van der Waals surface area contributed by atoms with Crippen LogP contribution in [-0.4, -0.2) is 5.78 Å². The number of rotatable bonds is 6. The largest absolute Gasteiger partial charge is 0.299 e. The van der Waals surface area contributed by atoms with E-state index in [9.17, 15) is 4.79 Å². The van der Waals surface area contributed by atoms with Crippen molar-refractivity contribution < 1.29 is 4.79 Å². The first-order chi connectivity index (χ1) is 9.74. The molecule has 1 aromatic carbocycles. The van der Waals surface area contributed by atoms with Crippen LogP contribution in [0.3, 0.4) is 0 Å². The molecule has 1 aromatic rings. The maximum Gasteiger partial charge on any atom is 0.140 e. The van der Waals surface area contributed by atoms with Crippen molar-refractivity contribution in [2.75, 3.05) is 0 Å². The monoisotopic (exact) mass is 272 g/mol. The van der Waals surface area contributed by atoms with Crippen LogP contribution in [0, 0.1) is 5.92 Å². The Balaban J connectivity index is 1.95. The second kappa shape index (κ2) is 7.61. The highest BCUT2D eigenvalue weighted by atomic mass is 16.1. The van der Waals surface area contributed by atoms with E-state index in [-0.39, 0.29) is 5.92 Å². The van der Waals surface area contributed by atoms with Crippen molar-refractivity contribution in [3.8, 4) is 0 Å². The third-order valence-electron chi connectivity index (χ3n) is 4.63. The van der Waals surface area contributed by atoms with Crippen molar-refractivity contribution in [3.05, 3.63) is 35.4 Å². The minimum atomic E-state index is 0.170. The van der Waals surface area contributed by atoms with Crippen LogP contribution in [-0.2, 0) is 11.2 Å². The van der Waals surface area contributed by atoms with Crippen molar-refractivity contribution in [3.63, 3.8) is 0 Å². The Labute approximate surface area is 123 Å². The second-order valence-corrected chi connectivity index (χ2v) is 6.30. The SMILES string of the molecule is CCCCC1CCC(c2ccc(CCC)cc2)C(=O)C1. The fraction of sp³-hybridized carbons (Fsp3) is 0.632. The van der Waals surface area contributed by atoms with Crippen molar-refractivity contribution in [1.82, 2.24) is 0 Å². The molecule has 1 heteroatoms. The van der Waals surface area contributed by atoms with Crippen LogP contribution in [0.4, 0.5) is 0 Å². The average molecular weight is 272 g/mol. The van der Waals surface area contributed by atoms with E-state index in [1.165, 1.54) is 43.2 Å². The summed E-state index contributed by atoms with van der Waals surface area (Å²) in [6, 6.07) is 8.77. The van der Waals surface area contributed by atoms with Crippen LogP contribution in [0.2, 0.25) is 0 Å². The molecule has 0 amide bonds. The van der Waals surface area contributed by atoms with Crippen LogP contribution in [0.5, 0.6) is 0 Å². The zero-order valence-corrected chi connectivity index (χ0v) is 13.0. The van der Waals surface area contributed by atoms with E-state index in [0.29, 0.717) is 11.7 Å². The Hall–Kier alpha value is -1.11. The van der Waals surface area contributed by atoms with Crippen LogP contribution < -0.4 is 0 Å². The molecule has 0 spiro atoms. The summed E-state index contributed by atoms with van der Waals surface area (Å²) >= 11 is 0. The van der Waals surface area contributed by atoms with Gasteiger partial charge in [-0.2, -0.15) is 0 Å². The lowest BCUT2D eigenvalue weighted by Crippen LogP contribution is -2.23. The predicted molar refractivity (Wildman–Crippen MR) is 85.1 cm³/mol. The number of carbonyl (C=O) groups excluding carboxylic acids is 1. The summed E-state index contributed by atoms with van der Waals surface area (Å²) in [5.41, 5.74) is 2.63. The zero-order valence-electron chi connectivity index (χ0n) is 13.0. The number of hydrogen-bond donors (Lipinski definition) is 0. The molecule has 0 bridgehead atoms. The molecule has 110 valence electrons. The topological polar surface area (TPSA) is 17.1 Å². The molecule has 1 fully saturated rings. The Morgan fingerprint density at radius 2 is 1.80 bits per heavy atom. The number of benzene rings is 1. The maximum absolute atomic E-state index is 12.4. The van der Waals surface area contributed by atoms with E-state index in [1.807, 2.05) is 0 Å². The number of unbranched alkanes of at least 4 members (excludes halogenated alkanes) is 1. The van der Waals surface area contributed by atoms with Gasteiger partial charge in [0, 0.05) is 12.3 Å². The minimum Gasteiger partial charge on any atom is -0.299 e. The molecule has 2 atom stereocenters. The first kappa shape index (κ1) is 15.3. The molecule has 0 saturated heterocycles. The van der Waals surface area contributed by atoms with Crippen molar-refractivity contribution in [2.45, 2.75) is 71.1 Å². The van der Waals surface area contributed by atoms with Crippen LogP contribution in [0.15, 0.2) is 24.3 Å². The van der Waals surface area contributed by atoms with Gasteiger partial charge in [0.25, 0.3) is 0 Å². The molecule has 0 radical (unpaired) electrons. The van der Waals surface area contributed by atoms with Gasteiger partial charge in [-0.15, -0.1) is 0 Å². The van der Waals surface area contributed by atoms with Gasteiger partial charge in [0.1, 0.15) is 5.78 Å². The lowest BCUT2D eigenvalue weighted by molar-refractivity contribution is -0.123. The van der Waals surface area contributed by atoms with Crippen LogP contribution in [0.25, 0.3) is 0 Å². The fourth-order valence-corrected chi connectivity index (χ4v) is 3.39. The summed E-state index contributed by atoms with van der Waals surface area (Å²) in [6.45, 7) is 4.43. The molecular weight excluding hydrogens is 244 g/mol. The summed E-state index contributed by atoms with van der Waals surface area (Å²) < 4.78 is 0. The maximum atomic E-state index is 12.4. The van der Waals surface area contributed by atoms with Gasteiger partial charge in [-0.1, -0.05) is 63.8 Å². The number of Topliss-reactive ketones (excluding diaryl/α,β-unsaturated/α-hetero) is 1. The first-order valence-electron chi connectivity index (χ1n) is 8.36. The molecule has 1 nitrogen and oxygen atoms in total. The molecule has 2 unspecified atom stereocenters. The molecule has 0 aliphatic heterocycles. The summed E-state index contributed by atoms with van der Waals surface area (Å²) in [6.07, 6.45) is 9.17. The molecule has 2 rings (SSSR count). The normalized spacial score (nSPS) is 23.0. The highest BCUT2D eigenvalue weighted by Gasteiger charge is 2.29. The third-order valence-corrected chi connectivity index (χ3v) is 4.63. The van der Waals surface area contributed by atoms with Crippen LogP contribution >= 0.6 is 0 Å². The van der Waals surface area contributed by atoms with Gasteiger partial charge in [0.15, 0.2) is 0 Å². The standard InChI is InChI=1S/C19H28O/c1-3-5-7-16-10-13-18(19(20)14-16)17-11-8-15(6-4-2)9-12-17/h8-9,11-12,16,18H,3-7,10,13-14H2,1-2H3. The van der Waals surface area contributed by atoms with Gasteiger partial charge in [0.05, 0.1) is 0 Å². The lowest BCUT2D eigenvalue weighted by Gasteiger charge is -2.27. The number of hydrogen-bond acceptors (Lipinski definition) is 1. The van der Waals surface area contributed by atoms with Crippen molar-refractivity contribution in [1.29, 1.82) is 0 Å². The molecule has 1 aliphatic rings. The lowest BCUT2D eigenvalue weighted by atomic mass is 9.76. The molecule has 0 N–H and O–H groups in total. The van der Waals surface area contributed by atoms with Gasteiger partial charge >= 0.3 is 0 Å². The smallest absolute Gasteiger partial charge is 0.140 e. The van der Waals surface area contributed by atoms with E-state index in [2.05, 4.69) is 38.1 Å². The Morgan fingerprint density at radius 3 is 2.40 bits per heavy atom. The minimum absolute atomic E-state index is 0.170. The first-order valence-corrected chi connectivity index (χ1v) is 8.36. The number of aryl methyl sites for hydroxylation is 1. The predicted octanol–water partition coefficient (Wildman–Crippen LogP) is 5.28. The molecule has 0 aromatic heterocycles. The summed E-state index contributed by atoms with van der Waals surface area (Å²) in [5, 5.41) is 0. The van der Waals surface area contributed by atoms with E-state index in [1.54, 1.807) is 0 Å². The van der Waals surface area contributed by atoms with Crippen molar-refractivity contribution >= 4 is 5.78 Å². The van der Waals surface area contributed by atoms with Gasteiger partial charge in [-0.3, -0.25) is 4.79 Å². The molecule has 20 heavy (non-hydrogen) atoms. The summed E-state index contributed by atoms with van der Waals surface area (Å²) in [4.78, 5) is 12.4. The highest BCUT2D eigenvalue weighted by molar-refractivity contribution is 5.86. The number of ketones is 1. The molecule has 1 saturated carbocycles. The number of carbonyl (C=O) groups is 1. The molecule has 1 aliphatic carbocycles. The quantitative estimate of drug-likeness (QED) is 0.688. The summed E-state index contributed by atoms with van der Waals surface area (Å²) in [7, 11) is 0. The van der Waals surface area contributed by atoms with E-state index < -0.39 is 0 Å². The second-order valence-electron chi connectivity index (χ2n) is 6.30. The van der Waals surface area contributed by atoms with Gasteiger partial charge < -0.3 is 0 Å². The zero-order chi connectivity index (χ0) is 14.4. The summed E-state index contributed by atoms with van der Waals surface area (Å²) in [5.74, 6) is 1.29. The third kappa shape index (κ3) is 3.94.